The smallest absolute Gasteiger partial charge is 0.0167 e. The molecule has 58 valence electrons. The summed E-state index contributed by atoms with van der Waals surface area (Å²) >= 11 is 1.85. The predicted octanol–water partition coefficient (Wildman–Crippen LogP) is 3.28. The van der Waals surface area contributed by atoms with Crippen LogP contribution >= 0.6 is 11.8 Å². The van der Waals surface area contributed by atoms with Gasteiger partial charge in [0.1, 0.15) is 0 Å². The van der Waals surface area contributed by atoms with Gasteiger partial charge in [0.05, 0.1) is 0 Å². The molecule has 0 saturated carbocycles. The monoisotopic (exact) mass is 164 g/mol. The molecule has 0 atom stereocenters. The van der Waals surface area contributed by atoms with E-state index in [0.717, 1.165) is 0 Å². The summed E-state index contributed by atoms with van der Waals surface area (Å²) in [6.07, 6.45) is 5.93. The minimum absolute atomic E-state index is 0.287. The Kier molecular flexibility index (Phi) is 2.46. The molecule has 0 unspecified atom stereocenters. The van der Waals surface area contributed by atoms with E-state index in [1.807, 2.05) is 23.9 Å². The van der Waals surface area contributed by atoms with Crippen molar-refractivity contribution in [1.82, 2.24) is 0 Å². The molecule has 0 bridgehead atoms. The van der Waals surface area contributed by atoms with Crippen molar-refractivity contribution in [3.63, 3.8) is 0 Å². The molecule has 0 radical (unpaired) electrons. The number of hydrogen-bond donors (Lipinski definition) is 0. The topological polar surface area (TPSA) is 0 Å². The second-order valence-corrected chi connectivity index (χ2v) is 5.28. The van der Waals surface area contributed by atoms with Gasteiger partial charge in [0.15, 0.2) is 0 Å². The molecule has 0 saturated heterocycles. The maximum atomic E-state index is 2.94. The summed E-state index contributed by atoms with van der Waals surface area (Å²) in [6.45, 7) is 6.61. The molecule has 0 fully saturated rings. The van der Waals surface area contributed by atoms with Crippen molar-refractivity contribution < 1.29 is 0 Å². The van der Waals surface area contributed by atoms with Crippen molar-refractivity contribution in [1.29, 1.82) is 0 Å². The zero-order valence-corrected chi connectivity index (χ0v) is 7.96. The molecule has 1 rings (SSSR count). The summed E-state index contributed by atoms with van der Waals surface area (Å²) in [4.78, 5) is 1.26. The molecule has 1 heteroatoms. The van der Waals surface area contributed by atoms with Gasteiger partial charge >= 0.3 is 0 Å². The van der Waals surface area contributed by atoms with Gasteiger partial charge in [-0.05, 0) is 12.2 Å². The Morgan fingerprint density at radius 1 is 1.27 bits per heavy atom. The summed E-state index contributed by atoms with van der Waals surface area (Å²) < 4.78 is 0.287. The molecule has 1 aliphatic carbocycles. The van der Waals surface area contributed by atoms with E-state index >= 15 is 0 Å². The van der Waals surface area contributed by atoms with Crippen LogP contribution in [0, 0.1) is 0 Å². The number of thioether (sulfide) groups is 1. The molecule has 1 aliphatic rings. The van der Waals surface area contributed by atoms with Gasteiger partial charge in [0.2, 0.25) is 0 Å². The Morgan fingerprint density at radius 2 is 2.00 bits per heavy atom. The fourth-order valence-corrected chi connectivity index (χ4v) is 1.71. The zero-order chi connectivity index (χ0) is 8.32. The van der Waals surface area contributed by atoms with Gasteiger partial charge in [-0.15, -0.1) is 11.8 Å². The van der Waals surface area contributed by atoms with Crippen LogP contribution in [0.25, 0.3) is 0 Å². The van der Waals surface area contributed by atoms with E-state index in [1.54, 1.807) is 0 Å². The largest absolute Gasteiger partial charge is 0.120 e. The van der Waals surface area contributed by atoms with Crippen molar-refractivity contribution in [2.75, 3.05) is 0 Å². The van der Waals surface area contributed by atoms with Gasteiger partial charge in [-0.2, -0.15) is 0 Å². The van der Waals surface area contributed by atoms with Crippen LogP contribution in [-0.4, -0.2) is 4.75 Å². The lowest BCUT2D eigenvalue weighted by molar-refractivity contribution is 0.807. The minimum Gasteiger partial charge on any atom is -0.120 e. The summed E-state index contributed by atoms with van der Waals surface area (Å²) in [5, 5.41) is 0. The molecule has 0 spiro atoms. The first-order valence-corrected chi connectivity index (χ1v) is 4.46. The highest BCUT2D eigenvalue weighted by Crippen LogP contribution is 2.31. The molecule has 0 aromatic heterocycles. The van der Waals surface area contributed by atoms with Gasteiger partial charge in [0, 0.05) is 15.7 Å². The second-order valence-electron chi connectivity index (χ2n) is 3.38. The molecule has 0 N–H and O–H groups in total. The Labute approximate surface area is 72.4 Å². The second kappa shape index (κ2) is 3.19. The lowest BCUT2D eigenvalue weighted by atomic mass is 10.3. The fraction of sp³-hybridized carbons (Fsp3) is 0.400. The van der Waals surface area contributed by atoms with Crippen LogP contribution < -0.4 is 0 Å². The summed E-state index contributed by atoms with van der Waals surface area (Å²) in [7, 11) is 0. The highest BCUT2D eigenvalue weighted by molar-refractivity contribution is 8.04. The first kappa shape index (κ1) is 8.49. The standard InChI is InChI=1S/C10H12S/c1-10(2,3)11-9-7-5-4-6-8-9/h5,7-8H,1-3H3. The summed E-state index contributed by atoms with van der Waals surface area (Å²) in [6, 6.07) is 0. The maximum Gasteiger partial charge on any atom is 0.0167 e. The molecule has 0 aliphatic heterocycles. The van der Waals surface area contributed by atoms with Crippen molar-refractivity contribution in [2.24, 2.45) is 0 Å². The Balaban J connectivity index is 2.61. The third kappa shape index (κ3) is 3.34. The van der Waals surface area contributed by atoms with Gasteiger partial charge in [-0.25, -0.2) is 0 Å². The van der Waals surface area contributed by atoms with Crippen LogP contribution in [0.1, 0.15) is 20.8 Å². The molecule has 0 heterocycles. The van der Waals surface area contributed by atoms with Crippen molar-refractivity contribution in [2.45, 2.75) is 25.5 Å². The van der Waals surface area contributed by atoms with Crippen LogP contribution in [0.5, 0.6) is 0 Å². The third-order valence-corrected chi connectivity index (χ3v) is 2.15. The van der Waals surface area contributed by atoms with Crippen LogP contribution in [0.2, 0.25) is 0 Å². The van der Waals surface area contributed by atoms with Gasteiger partial charge in [0.25, 0.3) is 0 Å². The van der Waals surface area contributed by atoms with E-state index in [-0.39, 0.29) is 4.75 Å². The highest BCUT2D eigenvalue weighted by Gasteiger charge is 2.11. The maximum absolute atomic E-state index is 2.94. The van der Waals surface area contributed by atoms with Crippen molar-refractivity contribution >= 4 is 11.8 Å². The van der Waals surface area contributed by atoms with Crippen LogP contribution in [-0.2, 0) is 0 Å². The van der Waals surface area contributed by atoms with Crippen LogP contribution in [0.4, 0.5) is 0 Å². The molecule has 0 aromatic carbocycles. The van der Waals surface area contributed by atoms with Crippen molar-refractivity contribution in [3.05, 3.63) is 34.6 Å². The third-order valence-electron chi connectivity index (χ3n) is 1.05. The number of allylic oxidation sites excluding steroid dienone is 3. The normalized spacial score (nSPS) is 15.4. The minimum atomic E-state index is 0.287. The highest BCUT2D eigenvalue weighted by atomic mass is 32.2. The van der Waals surface area contributed by atoms with Gasteiger partial charge < -0.3 is 0 Å². The number of hydrogen-bond acceptors (Lipinski definition) is 1. The zero-order valence-electron chi connectivity index (χ0n) is 7.14. The van der Waals surface area contributed by atoms with E-state index in [1.165, 1.54) is 4.91 Å². The first-order valence-electron chi connectivity index (χ1n) is 3.65. The summed E-state index contributed by atoms with van der Waals surface area (Å²) in [5.41, 5.74) is 5.82. The summed E-state index contributed by atoms with van der Waals surface area (Å²) in [5.74, 6) is 0. The average molecular weight is 164 g/mol. The van der Waals surface area contributed by atoms with E-state index in [0.29, 0.717) is 0 Å². The van der Waals surface area contributed by atoms with E-state index in [2.05, 4.69) is 38.3 Å². The Morgan fingerprint density at radius 3 is 2.45 bits per heavy atom. The average Bonchev–Trinajstić information content (AvgIpc) is 1.85. The molecule has 0 nitrogen and oxygen atoms in total. The van der Waals surface area contributed by atoms with Gasteiger partial charge in [-0.1, -0.05) is 32.2 Å². The lowest BCUT2D eigenvalue weighted by Gasteiger charge is -2.17. The molecular weight excluding hydrogens is 152 g/mol. The lowest BCUT2D eigenvalue weighted by Crippen LogP contribution is -2.06. The fourth-order valence-electron chi connectivity index (χ4n) is 0.750. The quantitative estimate of drug-likeness (QED) is 0.536. The first-order chi connectivity index (χ1) is 5.08. The van der Waals surface area contributed by atoms with Crippen LogP contribution in [0.3, 0.4) is 0 Å². The van der Waals surface area contributed by atoms with E-state index in [4.69, 9.17) is 0 Å². The van der Waals surface area contributed by atoms with Crippen LogP contribution in [0.15, 0.2) is 34.6 Å². The molecule has 0 amide bonds. The van der Waals surface area contributed by atoms with Crippen molar-refractivity contribution in [3.8, 4) is 0 Å². The van der Waals surface area contributed by atoms with Gasteiger partial charge in [-0.3, -0.25) is 0 Å². The predicted molar refractivity (Wildman–Crippen MR) is 51.6 cm³/mol. The SMILES string of the molecule is CC(C)(C)SC1=CC=C=C=C1. The molecule has 0 aromatic rings. The Hall–Kier alpha value is -0.610. The Bertz CT molecular complexity index is 264. The molecule has 11 heavy (non-hydrogen) atoms. The number of rotatable bonds is 1. The van der Waals surface area contributed by atoms with E-state index in [9.17, 15) is 0 Å². The van der Waals surface area contributed by atoms with E-state index < -0.39 is 0 Å². The molecular formula is C10H12S.